The van der Waals surface area contributed by atoms with E-state index in [0.29, 0.717) is 12.6 Å². The Labute approximate surface area is 122 Å². The van der Waals surface area contributed by atoms with E-state index in [1.54, 1.807) is 0 Å². The van der Waals surface area contributed by atoms with Crippen molar-refractivity contribution in [3.05, 3.63) is 18.2 Å². The Kier molecular flexibility index (Phi) is 5.54. The van der Waals surface area contributed by atoms with Crippen LogP contribution in [-0.2, 0) is 7.05 Å². The molecule has 2 heterocycles. The topological polar surface area (TPSA) is 53.6 Å². The van der Waals surface area contributed by atoms with Gasteiger partial charge in [0.2, 0.25) is 0 Å². The molecule has 6 heteroatoms. The first kappa shape index (κ1) is 15.4. The molecule has 1 fully saturated rings. The lowest BCUT2D eigenvalue weighted by atomic mass is 10.1. The van der Waals surface area contributed by atoms with Crippen LogP contribution in [-0.4, -0.2) is 84.2 Å². The first-order chi connectivity index (χ1) is 9.61. The summed E-state index contributed by atoms with van der Waals surface area (Å²) in [7, 11) is 6.30. The molecule has 1 aliphatic rings. The molecular weight excluding hydrogens is 252 g/mol. The van der Waals surface area contributed by atoms with E-state index < -0.39 is 0 Å². The molecule has 20 heavy (non-hydrogen) atoms. The van der Waals surface area contributed by atoms with Gasteiger partial charge in [0.05, 0.1) is 18.1 Å². The molecule has 1 aromatic rings. The number of aryl methyl sites for hydroxylation is 1. The Morgan fingerprint density at radius 3 is 2.50 bits per heavy atom. The lowest BCUT2D eigenvalue weighted by Crippen LogP contribution is -2.50. The second-order valence-electron chi connectivity index (χ2n) is 5.86. The molecule has 1 unspecified atom stereocenters. The second-order valence-corrected chi connectivity index (χ2v) is 5.86. The summed E-state index contributed by atoms with van der Waals surface area (Å²) in [6.45, 7) is 7.35. The van der Waals surface area contributed by atoms with Crippen molar-refractivity contribution >= 4 is 0 Å². The van der Waals surface area contributed by atoms with Crippen molar-refractivity contribution in [1.29, 1.82) is 0 Å². The van der Waals surface area contributed by atoms with Crippen LogP contribution in [0.3, 0.4) is 0 Å². The first-order valence-corrected chi connectivity index (χ1v) is 7.39. The smallest absolute Gasteiger partial charge is 0.0946 e. The van der Waals surface area contributed by atoms with Crippen molar-refractivity contribution in [1.82, 2.24) is 24.3 Å². The number of hydrogen-bond donors (Lipinski definition) is 1. The van der Waals surface area contributed by atoms with E-state index in [4.69, 9.17) is 5.73 Å². The molecule has 1 aromatic heterocycles. The molecular formula is C14H28N6. The van der Waals surface area contributed by atoms with Gasteiger partial charge in [-0.25, -0.2) is 4.98 Å². The van der Waals surface area contributed by atoms with Gasteiger partial charge in [-0.3, -0.25) is 9.80 Å². The fraction of sp³-hybridized carbons (Fsp3) is 0.786. The summed E-state index contributed by atoms with van der Waals surface area (Å²) in [5, 5.41) is 0. The van der Waals surface area contributed by atoms with Gasteiger partial charge in [0.25, 0.3) is 0 Å². The van der Waals surface area contributed by atoms with E-state index in [1.807, 2.05) is 19.6 Å². The molecule has 1 atom stereocenters. The van der Waals surface area contributed by atoms with Crippen molar-refractivity contribution in [3.8, 4) is 0 Å². The maximum absolute atomic E-state index is 5.99. The molecule has 114 valence electrons. The fourth-order valence-electron chi connectivity index (χ4n) is 2.79. The highest BCUT2D eigenvalue weighted by molar-refractivity contribution is 5.06. The summed E-state index contributed by atoms with van der Waals surface area (Å²) in [6.07, 6.45) is 3.79. The number of aromatic nitrogens is 2. The summed E-state index contributed by atoms with van der Waals surface area (Å²) >= 11 is 0. The zero-order valence-corrected chi connectivity index (χ0v) is 13.0. The Bertz CT molecular complexity index is 394. The van der Waals surface area contributed by atoms with E-state index in [0.717, 1.165) is 39.3 Å². The Balaban J connectivity index is 1.87. The third kappa shape index (κ3) is 3.79. The summed E-state index contributed by atoms with van der Waals surface area (Å²) in [4.78, 5) is 11.5. The summed E-state index contributed by atoms with van der Waals surface area (Å²) in [5.74, 6) is 0. The number of imidazole rings is 1. The van der Waals surface area contributed by atoms with Crippen molar-refractivity contribution in [2.75, 3.05) is 59.9 Å². The normalized spacial score (nSPS) is 19.6. The predicted molar refractivity (Wildman–Crippen MR) is 81.6 cm³/mol. The Morgan fingerprint density at radius 1 is 1.30 bits per heavy atom. The van der Waals surface area contributed by atoms with Gasteiger partial charge in [-0.2, -0.15) is 0 Å². The highest BCUT2D eigenvalue weighted by Crippen LogP contribution is 2.20. The Morgan fingerprint density at radius 2 is 2.00 bits per heavy atom. The largest absolute Gasteiger partial charge is 0.336 e. The summed E-state index contributed by atoms with van der Waals surface area (Å²) in [5.41, 5.74) is 7.21. The van der Waals surface area contributed by atoms with Gasteiger partial charge >= 0.3 is 0 Å². The molecule has 0 amide bonds. The SMILES string of the molecule is CN(C)CCN1CCN(C(CN)c2cncn2C)CC1. The fourth-order valence-corrected chi connectivity index (χ4v) is 2.79. The predicted octanol–water partition coefficient (Wildman–Crippen LogP) is -0.401. The van der Waals surface area contributed by atoms with Crippen LogP contribution in [0.5, 0.6) is 0 Å². The molecule has 1 aliphatic heterocycles. The molecule has 0 radical (unpaired) electrons. The van der Waals surface area contributed by atoms with E-state index in [9.17, 15) is 0 Å². The number of likely N-dealkylation sites (N-methyl/N-ethyl adjacent to an activating group) is 1. The van der Waals surface area contributed by atoms with Gasteiger partial charge in [-0.05, 0) is 14.1 Å². The minimum absolute atomic E-state index is 0.290. The van der Waals surface area contributed by atoms with Gasteiger partial charge in [0.1, 0.15) is 0 Å². The first-order valence-electron chi connectivity index (χ1n) is 7.39. The highest BCUT2D eigenvalue weighted by Gasteiger charge is 2.25. The standard InChI is InChI=1S/C14H28N6/c1-17(2)4-5-19-6-8-20(9-7-19)13(10-15)14-11-16-12-18(14)3/h11-13H,4-10,15H2,1-3H3. The van der Waals surface area contributed by atoms with Crippen LogP contribution in [0.2, 0.25) is 0 Å². The van der Waals surface area contributed by atoms with Crippen molar-refractivity contribution in [2.45, 2.75) is 6.04 Å². The average Bonchev–Trinajstić information content (AvgIpc) is 2.85. The van der Waals surface area contributed by atoms with Gasteiger partial charge < -0.3 is 15.2 Å². The van der Waals surface area contributed by atoms with Crippen molar-refractivity contribution < 1.29 is 0 Å². The van der Waals surface area contributed by atoms with Crippen LogP contribution < -0.4 is 5.73 Å². The van der Waals surface area contributed by atoms with Crippen LogP contribution in [0.1, 0.15) is 11.7 Å². The van der Waals surface area contributed by atoms with Gasteiger partial charge in [0.15, 0.2) is 0 Å². The maximum atomic E-state index is 5.99. The molecule has 0 aromatic carbocycles. The average molecular weight is 280 g/mol. The number of rotatable bonds is 6. The second kappa shape index (κ2) is 7.17. The zero-order valence-electron chi connectivity index (χ0n) is 13.0. The molecule has 0 spiro atoms. The van der Waals surface area contributed by atoms with Gasteiger partial charge in [-0.15, -0.1) is 0 Å². The van der Waals surface area contributed by atoms with Crippen LogP contribution in [0.4, 0.5) is 0 Å². The number of nitrogens with zero attached hydrogens (tertiary/aromatic N) is 5. The maximum Gasteiger partial charge on any atom is 0.0946 e. The van der Waals surface area contributed by atoms with E-state index >= 15 is 0 Å². The molecule has 6 nitrogen and oxygen atoms in total. The minimum Gasteiger partial charge on any atom is -0.336 e. The molecule has 1 saturated heterocycles. The number of piperazine rings is 1. The number of nitrogens with two attached hydrogens (primary N) is 1. The molecule has 0 saturated carbocycles. The molecule has 2 rings (SSSR count). The van der Waals surface area contributed by atoms with Crippen molar-refractivity contribution in [3.63, 3.8) is 0 Å². The third-order valence-electron chi connectivity index (χ3n) is 4.13. The monoisotopic (exact) mass is 280 g/mol. The van der Waals surface area contributed by atoms with E-state index in [-0.39, 0.29) is 0 Å². The summed E-state index contributed by atoms with van der Waals surface area (Å²) in [6, 6.07) is 0.290. The Hall–Kier alpha value is -0.950. The highest BCUT2D eigenvalue weighted by atomic mass is 15.3. The van der Waals surface area contributed by atoms with Gasteiger partial charge in [-0.1, -0.05) is 0 Å². The zero-order chi connectivity index (χ0) is 14.5. The lowest BCUT2D eigenvalue weighted by molar-refractivity contribution is 0.0915. The van der Waals surface area contributed by atoms with Crippen LogP contribution in [0.25, 0.3) is 0 Å². The summed E-state index contributed by atoms with van der Waals surface area (Å²) < 4.78 is 2.08. The van der Waals surface area contributed by atoms with E-state index in [2.05, 4.69) is 38.3 Å². The number of hydrogen-bond acceptors (Lipinski definition) is 5. The quantitative estimate of drug-likeness (QED) is 0.768. The third-order valence-corrected chi connectivity index (χ3v) is 4.13. The van der Waals surface area contributed by atoms with E-state index in [1.165, 1.54) is 5.69 Å². The lowest BCUT2D eigenvalue weighted by Gasteiger charge is -2.39. The van der Waals surface area contributed by atoms with Gasteiger partial charge in [0, 0.05) is 59.1 Å². The minimum atomic E-state index is 0.290. The van der Waals surface area contributed by atoms with Crippen LogP contribution in [0, 0.1) is 0 Å². The molecule has 0 aliphatic carbocycles. The molecule has 0 bridgehead atoms. The molecule has 2 N–H and O–H groups in total. The van der Waals surface area contributed by atoms with Crippen LogP contribution in [0.15, 0.2) is 12.5 Å². The van der Waals surface area contributed by atoms with Crippen molar-refractivity contribution in [2.24, 2.45) is 12.8 Å². The van der Waals surface area contributed by atoms with Crippen LogP contribution >= 0.6 is 0 Å².